The van der Waals surface area contributed by atoms with Gasteiger partial charge in [-0.1, -0.05) is 37.3 Å². The van der Waals surface area contributed by atoms with Crippen LogP contribution in [0.15, 0.2) is 48.5 Å². The maximum absolute atomic E-state index is 13.2. The fourth-order valence-electron chi connectivity index (χ4n) is 3.28. The molecule has 0 saturated heterocycles. The number of carbonyl (C=O) groups is 2. The molecule has 0 aliphatic heterocycles. The van der Waals surface area contributed by atoms with Crippen molar-refractivity contribution in [1.29, 1.82) is 0 Å². The number of para-hydroxylation sites is 1. The normalized spacial score (nSPS) is 11.4. The van der Waals surface area contributed by atoms with Crippen molar-refractivity contribution in [2.75, 3.05) is 13.7 Å². The molecule has 160 valence electrons. The highest BCUT2D eigenvalue weighted by atomic mass is 16.6. The minimum absolute atomic E-state index is 0.113. The Morgan fingerprint density at radius 1 is 1.17 bits per heavy atom. The molecule has 8 heteroatoms. The lowest BCUT2D eigenvalue weighted by Gasteiger charge is -2.30. The van der Waals surface area contributed by atoms with Crippen molar-refractivity contribution in [3.05, 3.63) is 69.8 Å². The fraction of sp³-hybridized carbons (Fsp3) is 0.364. The molecule has 0 fully saturated rings. The minimum Gasteiger partial charge on any atom is -0.497 e. The molecule has 0 saturated carbocycles. The van der Waals surface area contributed by atoms with Crippen molar-refractivity contribution in [2.45, 2.75) is 39.3 Å². The Morgan fingerprint density at radius 3 is 2.53 bits per heavy atom. The van der Waals surface area contributed by atoms with Crippen LogP contribution in [0, 0.1) is 10.1 Å². The molecule has 1 unspecified atom stereocenters. The molecule has 0 bridgehead atoms. The molecular formula is C22H27N3O5. The predicted octanol–water partition coefficient (Wildman–Crippen LogP) is 3.09. The third kappa shape index (κ3) is 5.79. The van der Waals surface area contributed by atoms with Gasteiger partial charge in [-0.25, -0.2) is 0 Å². The number of nitrogens with one attached hydrogen (secondary N) is 1. The largest absolute Gasteiger partial charge is 0.497 e. The van der Waals surface area contributed by atoms with Gasteiger partial charge in [0.1, 0.15) is 11.8 Å². The molecule has 1 atom stereocenters. The molecule has 0 aliphatic carbocycles. The quantitative estimate of drug-likeness (QED) is 0.476. The van der Waals surface area contributed by atoms with Crippen LogP contribution in [0.3, 0.4) is 0 Å². The summed E-state index contributed by atoms with van der Waals surface area (Å²) in [7, 11) is 1.56. The number of amides is 2. The third-order valence-corrected chi connectivity index (χ3v) is 4.75. The number of carbonyl (C=O) groups excluding carboxylic acids is 2. The van der Waals surface area contributed by atoms with Crippen molar-refractivity contribution in [3.63, 3.8) is 0 Å². The third-order valence-electron chi connectivity index (χ3n) is 4.75. The van der Waals surface area contributed by atoms with Crippen LogP contribution in [0.2, 0.25) is 0 Å². The van der Waals surface area contributed by atoms with Gasteiger partial charge in [0, 0.05) is 24.7 Å². The van der Waals surface area contributed by atoms with Gasteiger partial charge >= 0.3 is 0 Å². The number of hydrogen-bond acceptors (Lipinski definition) is 5. The second kappa shape index (κ2) is 10.9. The van der Waals surface area contributed by atoms with Gasteiger partial charge in [0.25, 0.3) is 5.69 Å². The summed E-state index contributed by atoms with van der Waals surface area (Å²) in [5.41, 5.74) is 1.00. The number of rotatable bonds is 10. The summed E-state index contributed by atoms with van der Waals surface area (Å²) in [6, 6.07) is 12.7. The van der Waals surface area contributed by atoms with Crippen molar-refractivity contribution in [2.24, 2.45) is 0 Å². The highest BCUT2D eigenvalue weighted by molar-refractivity contribution is 5.88. The summed E-state index contributed by atoms with van der Waals surface area (Å²) < 4.78 is 5.25. The molecule has 8 nitrogen and oxygen atoms in total. The maximum Gasteiger partial charge on any atom is 0.273 e. The molecule has 1 N–H and O–H groups in total. The summed E-state index contributed by atoms with van der Waals surface area (Å²) in [5, 5.41) is 14.1. The highest BCUT2D eigenvalue weighted by Gasteiger charge is 2.29. The molecular weight excluding hydrogens is 386 g/mol. The number of methoxy groups -OCH3 is 1. The molecule has 2 amide bonds. The van der Waals surface area contributed by atoms with Crippen molar-refractivity contribution in [3.8, 4) is 5.75 Å². The average Bonchev–Trinajstić information content (AvgIpc) is 2.74. The van der Waals surface area contributed by atoms with E-state index >= 15 is 0 Å². The minimum atomic E-state index is -0.689. The van der Waals surface area contributed by atoms with Crippen LogP contribution in [0.1, 0.15) is 31.4 Å². The molecule has 0 aromatic heterocycles. The summed E-state index contributed by atoms with van der Waals surface area (Å²) >= 11 is 0. The number of ether oxygens (including phenoxy) is 1. The molecule has 0 radical (unpaired) electrons. The first-order chi connectivity index (χ1) is 14.4. The Kier molecular flexibility index (Phi) is 8.34. The summed E-state index contributed by atoms with van der Waals surface area (Å²) in [5.74, 6) is 0.0358. The smallest absolute Gasteiger partial charge is 0.273 e. The molecule has 0 aliphatic rings. The van der Waals surface area contributed by atoms with Crippen molar-refractivity contribution in [1.82, 2.24) is 10.2 Å². The van der Waals surface area contributed by atoms with E-state index < -0.39 is 11.0 Å². The van der Waals surface area contributed by atoms with Gasteiger partial charge in [-0.3, -0.25) is 19.7 Å². The van der Waals surface area contributed by atoms with Gasteiger partial charge in [-0.05, 0) is 31.0 Å². The standard InChI is InChI=1S/C22H27N3O5/c1-4-19(22(27)23-5-2)24(15-16-9-8-11-18(13-16)30-3)21(26)14-17-10-6-7-12-20(17)25(28)29/h6-13,19H,4-5,14-15H2,1-3H3,(H,23,27). The van der Waals surface area contributed by atoms with Crippen molar-refractivity contribution >= 4 is 17.5 Å². The highest BCUT2D eigenvalue weighted by Crippen LogP contribution is 2.22. The first kappa shape index (κ1) is 22.9. The van der Waals surface area contributed by atoms with Crippen LogP contribution in [0.4, 0.5) is 5.69 Å². The van der Waals surface area contributed by atoms with Gasteiger partial charge in [-0.15, -0.1) is 0 Å². The lowest BCUT2D eigenvalue weighted by molar-refractivity contribution is -0.385. The summed E-state index contributed by atoms with van der Waals surface area (Å²) in [4.78, 5) is 38.2. The Labute approximate surface area is 176 Å². The molecule has 2 aromatic rings. The molecule has 30 heavy (non-hydrogen) atoms. The van der Waals surface area contributed by atoms with Crippen LogP contribution in [-0.4, -0.2) is 41.3 Å². The maximum atomic E-state index is 13.2. The number of nitrogens with zero attached hydrogens (tertiary/aromatic N) is 2. The number of benzene rings is 2. The molecule has 2 aromatic carbocycles. The molecule has 2 rings (SSSR count). The van der Waals surface area contributed by atoms with E-state index in [2.05, 4.69) is 5.32 Å². The number of nitro benzene ring substituents is 1. The van der Waals surface area contributed by atoms with Gasteiger partial charge in [-0.2, -0.15) is 0 Å². The van der Waals surface area contributed by atoms with E-state index in [1.54, 1.807) is 37.4 Å². The number of likely N-dealkylation sites (N-methyl/N-ethyl adjacent to an activating group) is 1. The Bertz CT molecular complexity index is 900. The second-order valence-electron chi connectivity index (χ2n) is 6.75. The van der Waals surface area contributed by atoms with Crippen LogP contribution < -0.4 is 10.1 Å². The van der Waals surface area contributed by atoms with E-state index in [4.69, 9.17) is 4.74 Å². The number of hydrogen-bond donors (Lipinski definition) is 1. The molecule has 0 heterocycles. The van der Waals surface area contributed by atoms with Crippen molar-refractivity contribution < 1.29 is 19.2 Å². The molecule has 0 spiro atoms. The lowest BCUT2D eigenvalue weighted by atomic mass is 10.1. The van der Waals surface area contributed by atoms with Gasteiger partial charge < -0.3 is 15.0 Å². The van der Waals surface area contributed by atoms with Crippen LogP contribution >= 0.6 is 0 Å². The van der Waals surface area contributed by atoms with E-state index in [9.17, 15) is 19.7 Å². The summed E-state index contributed by atoms with van der Waals surface area (Å²) in [6.07, 6.45) is 0.245. The Balaban J connectivity index is 2.37. The van der Waals surface area contributed by atoms with E-state index in [1.165, 1.54) is 11.0 Å². The summed E-state index contributed by atoms with van der Waals surface area (Å²) in [6.45, 7) is 4.27. The first-order valence-corrected chi connectivity index (χ1v) is 9.83. The Morgan fingerprint density at radius 2 is 1.90 bits per heavy atom. The van der Waals surface area contributed by atoms with E-state index in [-0.39, 0.29) is 30.5 Å². The monoisotopic (exact) mass is 413 g/mol. The van der Waals surface area contributed by atoms with Gasteiger partial charge in [0.2, 0.25) is 11.8 Å². The Hall–Kier alpha value is -3.42. The fourth-order valence-corrected chi connectivity index (χ4v) is 3.28. The van der Waals surface area contributed by atoms with Crippen LogP contribution in [-0.2, 0) is 22.6 Å². The lowest BCUT2D eigenvalue weighted by Crippen LogP contribution is -2.49. The zero-order valence-electron chi connectivity index (χ0n) is 17.5. The zero-order chi connectivity index (χ0) is 22.1. The van der Waals surface area contributed by atoms with Gasteiger partial charge in [0.15, 0.2) is 0 Å². The van der Waals surface area contributed by atoms with E-state index in [0.717, 1.165) is 5.56 Å². The van der Waals surface area contributed by atoms with Gasteiger partial charge in [0.05, 0.1) is 18.5 Å². The zero-order valence-corrected chi connectivity index (χ0v) is 17.5. The topological polar surface area (TPSA) is 102 Å². The predicted molar refractivity (Wildman–Crippen MR) is 113 cm³/mol. The van der Waals surface area contributed by atoms with Crippen LogP contribution in [0.25, 0.3) is 0 Å². The average molecular weight is 413 g/mol. The first-order valence-electron chi connectivity index (χ1n) is 9.83. The van der Waals surface area contributed by atoms with Crippen LogP contribution in [0.5, 0.6) is 5.75 Å². The SMILES string of the molecule is CCNC(=O)C(CC)N(Cc1cccc(OC)c1)C(=O)Cc1ccccc1[N+](=O)[O-]. The number of nitro groups is 1. The van der Waals surface area contributed by atoms with E-state index in [0.29, 0.717) is 24.3 Å². The van der Waals surface area contributed by atoms with E-state index in [1.807, 2.05) is 26.0 Å². The second-order valence-corrected chi connectivity index (χ2v) is 6.75.